The lowest BCUT2D eigenvalue weighted by molar-refractivity contribution is -0.142. The van der Waals surface area contributed by atoms with E-state index >= 15 is 0 Å². The molecule has 0 atom stereocenters. The summed E-state index contributed by atoms with van der Waals surface area (Å²) in [7, 11) is 0. The van der Waals surface area contributed by atoms with Crippen LogP contribution in [0.25, 0.3) is 0 Å². The molecule has 0 unspecified atom stereocenters. The molecule has 2 amide bonds. The van der Waals surface area contributed by atoms with E-state index in [0.717, 1.165) is 5.69 Å². The van der Waals surface area contributed by atoms with Crippen molar-refractivity contribution in [2.24, 2.45) is 5.92 Å². The van der Waals surface area contributed by atoms with Crippen LogP contribution in [0.1, 0.15) is 50.1 Å². The van der Waals surface area contributed by atoms with Crippen molar-refractivity contribution >= 4 is 17.8 Å². The van der Waals surface area contributed by atoms with E-state index in [0.29, 0.717) is 37.4 Å². The highest BCUT2D eigenvalue weighted by Crippen LogP contribution is 2.39. The zero-order valence-electron chi connectivity index (χ0n) is 12.4. The normalized spacial score (nSPS) is 24.5. The molecular formula is C16H21N3O3. The minimum absolute atomic E-state index is 0.0437. The van der Waals surface area contributed by atoms with Crippen molar-refractivity contribution in [2.75, 3.05) is 5.32 Å². The van der Waals surface area contributed by atoms with Crippen LogP contribution in [0.2, 0.25) is 0 Å². The maximum absolute atomic E-state index is 12.0. The lowest BCUT2D eigenvalue weighted by atomic mass is 9.86. The number of carboxylic acid groups (broad SMARTS) is 1. The van der Waals surface area contributed by atoms with Gasteiger partial charge in [0.2, 0.25) is 0 Å². The second-order valence-electron chi connectivity index (χ2n) is 6.21. The topological polar surface area (TPSA) is 91.3 Å². The van der Waals surface area contributed by atoms with Crippen LogP contribution in [-0.2, 0) is 4.79 Å². The molecule has 0 aromatic carbocycles. The summed E-state index contributed by atoms with van der Waals surface area (Å²) in [5.41, 5.74) is 1.04. The number of rotatable bonds is 4. The second kappa shape index (κ2) is 6.34. The van der Waals surface area contributed by atoms with Gasteiger partial charge >= 0.3 is 12.0 Å². The zero-order chi connectivity index (χ0) is 15.5. The molecule has 0 bridgehead atoms. The van der Waals surface area contributed by atoms with Gasteiger partial charge in [-0.05, 0) is 50.7 Å². The van der Waals surface area contributed by atoms with Crippen molar-refractivity contribution < 1.29 is 14.7 Å². The molecule has 2 saturated carbocycles. The maximum atomic E-state index is 12.0. The molecule has 0 saturated heterocycles. The molecule has 6 heteroatoms. The summed E-state index contributed by atoms with van der Waals surface area (Å²) < 4.78 is 0. The van der Waals surface area contributed by atoms with Gasteiger partial charge in [0.05, 0.1) is 5.92 Å². The number of nitrogens with one attached hydrogen (secondary N) is 2. The average Bonchev–Trinajstić information content (AvgIpc) is 3.32. The summed E-state index contributed by atoms with van der Waals surface area (Å²) >= 11 is 0. The van der Waals surface area contributed by atoms with Crippen LogP contribution in [0.4, 0.5) is 10.6 Å². The van der Waals surface area contributed by atoms with E-state index in [4.69, 9.17) is 5.11 Å². The van der Waals surface area contributed by atoms with Crippen LogP contribution in [-0.4, -0.2) is 28.1 Å². The smallest absolute Gasteiger partial charge is 0.320 e. The summed E-state index contributed by atoms with van der Waals surface area (Å²) in [4.78, 5) is 27.4. The summed E-state index contributed by atoms with van der Waals surface area (Å²) in [6.45, 7) is 0. The molecule has 118 valence electrons. The largest absolute Gasteiger partial charge is 0.481 e. The summed E-state index contributed by atoms with van der Waals surface area (Å²) in [5, 5.41) is 14.6. The number of aromatic nitrogens is 1. The first-order valence-electron chi connectivity index (χ1n) is 7.89. The molecule has 3 rings (SSSR count). The number of amides is 2. The number of anilines is 1. The van der Waals surface area contributed by atoms with Crippen molar-refractivity contribution in [3.05, 3.63) is 23.9 Å². The third-order valence-electron chi connectivity index (χ3n) is 4.42. The van der Waals surface area contributed by atoms with Crippen LogP contribution in [0.15, 0.2) is 18.2 Å². The molecule has 0 aliphatic heterocycles. The number of urea groups is 1. The Balaban J connectivity index is 1.48. The van der Waals surface area contributed by atoms with Crippen LogP contribution in [0.3, 0.4) is 0 Å². The Hall–Kier alpha value is -2.11. The second-order valence-corrected chi connectivity index (χ2v) is 6.21. The minimum Gasteiger partial charge on any atom is -0.481 e. The minimum atomic E-state index is -0.732. The lowest BCUT2D eigenvalue weighted by Gasteiger charge is -2.26. The van der Waals surface area contributed by atoms with Gasteiger partial charge in [-0.15, -0.1) is 0 Å². The molecule has 2 fully saturated rings. The molecule has 22 heavy (non-hydrogen) atoms. The van der Waals surface area contributed by atoms with Crippen LogP contribution >= 0.6 is 0 Å². The predicted octanol–water partition coefficient (Wildman–Crippen LogP) is 2.72. The van der Waals surface area contributed by atoms with Gasteiger partial charge in [0.25, 0.3) is 0 Å². The van der Waals surface area contributed by atoms with E-state index in [1.807, 2.05) is 12.1 Å². The van der Waals surface area contributed by atoms with Gasteiger partial charge in [0.1, 0.15) is 5.82 Å². The van der Waals surface area contributed by atoms with Gasteiger partial charge in [0, 0.05) is 17.7 Å². The van der Waals surface area contributed by atoms with Gasteiger partial charge < -0.3 is 10.4 Å². The van der Waals surface area contributed by atoms with E-state index in [9.17, 15) is 9.59 Å². The lowest BCUT2D eigenvalue weighted by Crippen LogP contribution is -2.41. The van der Waals surface area contributed by atoms with Gasteiger partial charge in [-0.1, -0.05) is 6.07 Å². The van der Waals surface area contributed by atoms with Gasteiger partial charge in [-0.2, -0.15) is 0 Å². The SMILES string of the molecule is O=C(Nc1cccc(C2CC2)n1)NC1CCC(C(=O)O)CC1. The number of carbonyl (C=O) groups excluding carboxylic acids is 1. The van der Waals surface area contributed by atoms with E-state index in [2.05, 4.69) is 15.6 Å². The summed E-state index contributed by atoms with van der Waals surface area (Å²) in [6, 6.07) is 5.47. The van der Waals surface area contributed by atoms with Crippen molar-refractivity contribution in [1.82, 2.24) is 10.3 Å². The Morgan fingerprint density at radius 2 is 1.82 bits per heavy atom. The molecule has 1 heterocycles. The molecular weight excluding hydrogens is 282 g/mol. The Labute approximate surface area is 129 Å². The van der Waals surface area contributed by atoms with E-state index in [1.165, 1.54) is 12.8 Å². The molecule has 3 N–H and O–H groups in total. The Kier molecular flexibility index (Phi) is 4.27. The van der Waals surface area contributed by atoms with Crippen molar-refractivity contribution in [3.8, 4) is 0 Å². The van der Waals surface area contributed by atoms with Gasteiger partial charge in [-0.25, -0.2) is 9.78 Å². The number of hydrogen-bond acceptors (Lipinski definition) is 3. The van der Waals surface area contributed by atoms with E-state index < -0.39 is 5.97 Å². The number of pyridine rings is 1. The molecule has 1 aromatic rings. The highest BCUT2D eigenvalue weighted by atomic mass is 16.4. The van der Waals surface area contributed by atoms with Crippen molar-refractivity contribution in [1.29, 1.82) is 0 Å². The summed E-state index contributed by atoms with van der Waals surface area (Å²) in [6.07, 6.45) is 5.01. The van der Waals surface area contributed by atoms with Crippen molar-refractivity contribution in [3.63, 3.8) is 0 Å². The Morgan fingerprint density at radius 3 is 2.45 bits per heavy atom. The third kappa shape index (κ3) is 3.75. The van der Waals surface area contributed by atoms with E-state index in [1.54, 1.807) is 6.07 Å². The number of nitrogens with zero attached hydrogens (tertiary/aromatic N) is 1. The number of aliphatic carboxylic acids is 1. The maximum Gasteiger partial charge on any atom is 0.320 e. The number of carboxylic acids is 1. The predicted molar refractivity (Wildman–Crippen MR) is 81.7 cm³/mol. The molecule has 0 spiro atoms. The van der Waals surface area contributed by atoms with Gasteiger partial charge in [0.15, 0.2) is 0 Å². The standard InChI is InChI=1S/C16H21N3O3/c20-15(21)11-6-8-12(9-7-11)17-16(22)19-14-3-1-2-13(18-14)10-4-5-10/h1-3,10-12H,4-9H2,(H,20,21)(H2,17,18,19,22). The zero-order valence-corrected chi connectivity index (χ0v) is 12.4. The fourth-order valence-electron chi connectivity index (χ4n) is 2.95. The first-order valence-corrected chi connectivity index (χ1v) is 7.89. The molecule has 0 radical (unpaired) electrons. The molecule has 6 nitrogen and oxygen atoms in total. The quantitative estimate of drug-likeness (QED) is 0.797. The fourth-order valence-corrected chi connectivity index (χ4v) is 2.95. The monoisotopic (exact) mass is 303 g/mol. The van der Waals surface area contributed by atoms with Gasteiger partial charge in [-0.3, -0.25) is 10.1 Å². The Morgan fingerprint density at radius 1 is 1.09 bits per heavy atom. The number of carbonyl (C=O) groups is 2. The third-order valence-corrected chi connectivity index (χ3v) is 4.42. The first kappa shape index (κ1) is 14.8. The first-order chi connectivity index (χ1) is 10.6. The molecule has 2 aliphatic rings. The Bertz CT molecular complexity index is 564. The number of hydrogen-bond donors (Lipinski definition) is 3. The molecule has 1 aromatic heterocycles. The van der Waals surface area contributed by atoms with Crippen LogP contribution in [0.5, 0.6) is 0 Å². The van der Waals surface area contributed by atoms with E-state index in [-0.39, 0.29) is 18.0 Å². The highest BCUT2D eigenvalue weighted by molar-refractivity contribution is 5.88. The van der Waals surface area contributed by atoms with Crippen molar-refractivity contribution in [2.45, 2.75) is 50.5 Å². The van der Waals surface area contributed by atoms with Crippen LogP contribution < -0.4 is 10.6 Å². The fraction of sp³-hybridized carbons (Fsp3) is 0.562. The molecule has 2 aliphatic carbocycles. The highest BCUT2D eigenvalue weighted by Gasteiger charge is 2.27. The van der Waals surface area contributed by atoms with Crippen LogP contribution in [0, 0.1) is 5.92 Å². The average molecular weight is 303 g/mol. The summed E-state index contributed by atoms with van der Waals surface area (Å²) in [5.74, 6) is 0.124.